The van der Waals surface area contributed by atoms with Crippen LogP contribution in [0.3, 0.4) is 0 Å². The molecule has 2 aliphatic carbocycles. The summed E-state index contributed by atoms with van der Waals surface area (Å²) in [5.41, 5.74) is 0. The molecule has 0 aromatic carbocycles. The van der Waals surface area contributed by atoms with Crippen LogP contribution in [0.5, 0.6) is 0 Å². The summed E-state index contributed by atoms with van der Waals surface area (Å²) in [5, 5.41) is 0. The molecule has 0 saturated heterocycles. The molecule has 0 aromatic rings. The van der Waals surface area contributed by atoms with E-state index in [1.54, 1.807) is 0 Å². The Balaban J connectivity index is 2.19. The summed E-state index contributed by atoms with van der Waals surface area (Å²) in [6, 6.07) is 0. The summed E-state index contributed by atoms with van der Waals surface area (Å²) >= 11 is 12.6. The third-order valence-electron chi connectivity index (χ3n) is 2.38. The average molecular weight is 213 g/mol. The Labute approximate surface area is 88.2 Å². The molecule has 0 fully saturated rings. The lowest BCUT2D eigenvalue weighted by atomic mass is 9.95. The summed E-state index contributed by atoms with van der Waals surface area (Å²) < 4.78 is -0.743. The van der Waals surface area contributed by atoms with Gasteiger partial charge in [0.05, 0.1) is 0 Å². The summed E-state index contributed by atoms with van der Waals surface area (Å²) in [4.78, 5) is 0. The van der Waals surface area contributed by atoms with Gasteiger partial charge in [-0.2, -0.15) is 0 Å². The van der Waals surface area contributed by atoms with E-state index in [0.29, 0.717) is 0 Å². The van der Waals surface area contributed by atoms with Crippen molar-refractivity contribution < 1.29 is 0 Å². The van der Waals surface area contributed by atoms with Gasteiger partial charge in [-0.15, -0.1) is 0 Å². The smallest absolute Gasteiger partial charge is 0.0996 e. The van der Waals surface area contributed by atoms with Crippen molar-refractivity contribution in [1.82, 2.24) is 0 Å². The van der Waals surface area contributed by atoms with E-state index >= 15 is 0 Å². The molecule has 0 amide bonds. The molecular weight excluding hydrogens is 203 g/mol. The highest BCUT2D eigenvalue weighted by Crippen LogP contribution is 2.43. The second-order valence-electron chi connectivity index (χ2n) is 3.27. The lowest BCUT2D eigenvalue weighted by molar-refractivity contribution is 0.587. The van der Waals surface area contributed by atoms with Gasteiger partial charge in [-0.05, 0) is 0 Å². The highest BCUT2D eigenvalue weighted by molar-refractivity contribution is 6.49. The van der Waals surface area contributed by atoms with Gasteiger partial charge in [0.1, 0.15) is 4.33 Å². The maximum atomic E-state index is 6.31. The minimum atomic E-state index is -0.743. The summed E-state index contributed by atoms with van der Waals surface area (Å²) in [7, 11) is 0. The molecule has 0 aliphatic heterocycles. The van der Waals surface area contributed by atoms with Crippen LogP contribution in [0.2, 0.25) is 0 Å². The molecule has 0 atom stereocenters. The van der Waals surface area contributed by atoms with Gasteiger partial charge in [0.2, 0.25) is 0 Å². The summed E-state index contributed by atoms with van der Waals surface area (Å²) in [5.74, 6) is 0.237. The van der Waals surface area contributed by atoms with E-state index in [1.807, 2.05) is 48.6 Å². The fraction of sp³-hybridized carbons (Fsp3) is 0.273. The van der Waals surface area contributed by atoms with Crippen molar-refractivity contribution in [2.24, 2.45) is 11.8 Å². The molecular formula is C11H10Cl2. The van der Waals surface area contributed by atoms with Crippen LogP contribution in [-0.2, 0) is 0 Å². The Hall–Kier alpha value is -0.460. The Bertz CT molecular complexity index is 254. The molecule has 68 valence electrons. The van der Waals surface area contributed by atoms with E-state index < -0.39 is 4.33 Å². The lowest BCUT2D eigenvalue weighted by Crippen LogP contribution is -2.29. The zero-order valence-electron chi connectivity index (χ0n) is 7.03. The molecule has 2 aliphatic rings. The fourth-order valence-corrected chi connectivity index (χ4v) is 2.18. The molecule has 0 heterocycles. The minimum absolute atomic E-state index is 0.119. The number of hydrogen-bond donors (Lipinski definition) is 0. The van der Waals surface area contributed by atoms with Crippen molar-refractivity contribution >= 4 is 23.2 Å². The molecule has 13 heavy (non-hydrogen) atoms. The summed E-state index contributed by atoms with van der Waals surface area (Å²) in [6.45, 7) is 0. The molecule has 0 bridgehead atoms. The largest absolute Gasteiger partial charge is 0.137 e. The lowest BCUT2D eigenvalue weighted by Gasteiger charge is -2.28. The van der Waals surface area contributed by atoms with Crippen LogP contribution in [0, 0.1) is 11.8 Å². The van der Waals surface area contributed by atoms with Gasteiger partial charge < -0.3 is 0 Å². The van der Waals surface area contributed by atoms with E-state index in [9.17, 15) is 0 Å². The van der Waals surface area contributed by atoms with E-state index in [1.165, 1.54) is 0 Å². The van der Waals surface area contributed by atoms with Gasteiger partial charge in [-0.3, -0.25) is 0 Å². The minimum Gasteiger partial charge on any atom is -0.0996 e. The molecule has 0 saturated carbocycles. The molecule has 0 spiro atoms. The SMILES string of the molecule is ClC(Cl)(C1C=CC=C1)C1C=CC=C1. The first kappa shape index (κ1) is 9.11. The third-order valence-corrected chi connectivity index (χ3v) is 3.39. The Kier molecular flexibility index (Phi) is 2.35. The number of halogens is 2. The fourth-order valence-electron chi connectivity index (χ4n) is 1.60. The molecule has 2 heteroatoms. The predicted octanol–water partition coefficient (Wildman–Crippen LogP) is 3.64. The van der Waals surface area contributed by atoms with Crippen molar-refractivity contribution in [3.8, 4) is 0 Å². The monoisotopic (exact) mass is 212 g/mol. The normalized spacial score (nSPS) is 22.3. The van der Waals surface area contributed by atoms with E-state index in [0.717, 1.165) is 0 Å². The first-order chi connectivity index (χ1) is 6.21. The number of allylic oxidation sites excluding steroid dienone is 8. The Morgan fingerprint density at radius 1 is 0.692 bits per heavy atom. The van der Waals surface area contributed by atoms with Gasteiger partial charge >= 0.3 is 0 Å². The van der Waals surface area contributed by atoms with E-state index in [-0.39, 0.29) is 11.8 Å². The number of alkyl halides is 2. The van der Waals surface area contributed by atoms with Crippen LogP contribution >= 0.6 is 23.2 Å². The van der Waals surface area contributed by atoms with Crippen LogP contribution in [0.4, 0.5) is 0 Å². The van der Waals surface area contributed by atoms with Crippen LogP contribution in [-0.4, -0.2) is 4.33 Å². The van der Waals surface area contributed by atoms with Crippen molar-refractivity contribution in [2.75, 3.05) is 0 Å². The topological polar surface area (TPSA) is 0 Å². The highest BCUT2D eigenvalue weighted by Gasteiger charge is 2.38. The molecule has 2 rings (SSSR count). The maximum Gasteiger partial charge on any atom is 0.137 e. The second kappa shape index (κ2) is 3.36. The van der Waals surface area contributed by atoms with Crippen LogP contribution in [0.25, 0.3) is 0 Å². The number of rotatable bonds is 2. The van der Waals surface area contributed by atoms with Gasteiger partial charge in [-0.25, -0.2) is 0 Å². The Morgan fingerprint density at radius 2 is 1.00 bits per heavy atom. The van der Waals surface area contributed by atoms with Crippen LogP contribution in [0.1, 0.15) is 0 Å². The predicted molar refractivity (Wildman–Crippen MR) is 58.0 cm³/mol. The van der Waals surface area contributed by atoms with Crippen molar-refractivity contribution in [3.05, 3.63) is 48.6 Å². The van der Waals surface area contributed by atoms with E-state index in [2.05, 4.69) is 0 Å². The van der Waals surface area contributed by atoms with Crippen LogP contribution < -0.4 is 0 Å². The Morgan fingerprint density at radius 3 is 1.31 bits per heavy atom. The highest BCUT2D eigenvalue weighted by atomic mass is 35.5. The number of hydrogen-bond acceptors (Lipinski definition) is 0. The summed E-state index contributed by atoms with van der Waals surface area (Å²) in [6.07, 6.45) is 16.0. The zero-order chi connectivity index (χ0) is 9.31. The van der Waals surface area contributed by atoms with Gasteiger partial charge in [-0.1, -0.05) is 71.8 Å². The van der Waals surface area contributed by atoms with Gasteiger partial charge in [0.15, 0.2) is 0 Å². The molecule has 0 unspecified atom stereocenters. The first-order valence-electron chi connectivity index (χ1n) is 4.29. The van der Waals surface area contributed by atoms with E-state index in [4.69, 9.17) is 23.2 Å². The van der Waals surface area contributed by atoms with Crippen molar-refractivity contribution in [3.63, 3.8) is 0 Å². The van der Waals surface area contributed by atoms with Gasteiger partial charge in [0, 0.05) is 11.8 Å². The molecule has 0 radical (unpaired) electrons. The van der Waals surface area contributed by atoms with Crippen LogP contribution in [0.15, 0.2) is 48.6 Å². The molecule has 0 N–H and O–H groups in total. The first-order valence-corrected chi connectivity index (χ1v) is 5.04. The molecule has 0 aromatic heterocycles. The third kappa shape index (κ3) is 1.61. The average Bonchev–Trinajstić information content (AvgIpc) is 2.78. The van der Waals surface area contributed by atoms with Gasteiger partial charge in [0.25, 0.3) is 0 Å². The quantitative estimate of drug-likeness (QED) is 0.614. The van der Waals surface area contributed by atoms with Crippen molar-refractivity contribution in [1.29, 1.82) is 0 Å². The standard InChI is InChI=1S/C11H10Cl2/c12-11(13,9-5-1-2-6-9)10-7-3-4-8-10/h1-10H. The second-order valence-corrected chi connectivity index (χ2v) is 4.71. The molecule has 0 nitrogen and oxygen atoms in total. The maximum absolute atomic E-state index is 6.31. The zero-order valence-corrected chi connectivity index (χ0v) is 8.54. The van der Waals surface area contributed by atoms with Crippen molar-refractivity contribution in [2.45, 2.75) is 4.33 Å².